The lowest BCUT2D eigenvalue weighted by molar-refractivity contribution is 0.00842. The largest absolute Gasteiger partial charge is 0.445 e. The number of aliphatic hydroxyl groups is 2. The molecule has 0 saturated carbocycles. The van der Waals surface area contributed by atoms with Crippen molar-refractivity contribution in [2.45, 2.75) is 25.2 Å². The minimum Gasteiger partial charge on any atom is -0.445 e. The number of carbonyl (C=O) groups is 1. The average molecular weight is 352 g/mol. The second-order valence-electron chi connectivity index (χ2n) is 5.05. The van der Waals surface area contributed by atoms with E-state index in [2.05, 4.69) is 15.3 Å². The number of amides is 1. The van der Waals surface area contributed by atoms with Crippen LogP contribution >= 0.6 is 11.6 Å². The summed E-state index contributed by atoms with van der Waals surface area (Å²) in [4.78, 5) is 19.2. The van der Waals surface area contributed by atoms with Crippen molar-refractivity contribution in [3.8, 4) is 0 Å². The standard InChI is InChI=1S/C16H18ClN3O4/c17-12-8-19-15(20-9-12)14(22)13(21)6-7-18-16(23)24-10-11-4-2-1-3-5-11/h1-5,8-9,13-14,21-22H,6-7,10H2,(H,18,23). The van der Waals surface area contributed by atoms with Gasteiger partial charge in [-0.15, -0.1) is 0 Å². The topological polar surface area (TPSA) is 105 Å². The molecule has 2 rings (SSSR count). The smallest absolute Gasteiger partial charge is 0.407 e. The zero-order valence-electron chi connectivity index (χ0n) is 12.8. The van der Waals surface area contributed by atoms with Crippen molar-refractivity contribution in [3.63, 3.8) is 0 Å². The molecule has 2 unspecified atom stereocenters. The second kappa shape index (κ2) is 9.17. The number of benzene rings is 1. The fraction of sp³-hybridized carbons (Fsp3) is 0.312. The summed E-state index contributed by atoms with van der Waals surface area (Å²) in [5.41, 5.74) is 0.878. The van der Waals surface area contributed by atoms with Crippen LogP contribution in [0.25, 0.3) is 0 Å². The molecule has 1 aromatic heterocycles. The number of nitrogens with one attached hydrogen (secondary N) is 1. The van der Waals surface area contributed by atoms with E-state index in [-0.39, 0.29) is 25.4 Å². The first kappa shape index (κ1) is 18.1. The Bertz CT molecular complexity index is 640. The fourth-order valence-corrected chi connectivity index (χ4v) is 2.00. The zero-order valence-corrected chi connectivity index (χ0v) is 13.6. The molecule has 0 fully saturated rings. The fourth-order valence-electron chi connectivity index (χ4n) is 1.90. The molecule has 0 saturated heterocycles. The molecule has 0 spiro atoms. The molecule has 3 N–H and O–H groups in total. The van der Waals surface area contributed by atoms with Gasteiger partial charge in [0.2, 0.25) is 0 Å². The molecular weight excluding hydrogens is 334 g/mol. The summed E-state index contributed by atoms with van der Waals surface area (Å²) in [7, 11) is 0. The number of nitrogens with zero attached hydrogens (tertiary/aromatic N) is 2. The molecule has 128 valence electrons. The Morgan fingerprint density at radius 3 is 2.54 bits per heavy atom. The van der Waals surface area contributed by atoms with Crippen LogP contribution in [0.2, 0.25) is 5.02 Å². The van der Waals surface area contributed by atoms with Crippen molar-refractivity contribution in [1.82, 2.24) is 15.3 Å². The van der Waals surface area contributed by atoms with E-state index in [0.717, 1.165) is 5.56 Å². The summed E-state index contributed by atoms with van der Waals surface area (Å²) < 4.78 is 5.03. The predicted octanol–water partition coefficient (Wildman–Crippen LogP) is 1.84. The van der Waals surface area contributed by atoms with Crippen molar-refractivity contribution in [3.05, 3.63) is 59.1 Å². The molecule has 1 aromatic carbocycles. The molecule has 24 heavy (non-hydrogen) atoms. The summed E-state index contributed by atoms with van der Waals surface area (Å²) >= 11 is 5.66. The van der Waals surface area contributed by atoms with Crippen molar-refractivity contribution >= 4 is 17.7 Å². The summed E-state index contributed by atoms with van der Waals surface area (Å²) in [5, 5.41) is 22.7. The number of hydrogen-bond donors (Lipinski definition) is 3. The van der Waals surface area contributed by atoms with E-state index in [1.54, 1.807) is 0 Å². The number of hydrogen-bond acceptors (Lipinski definition) is 6. The van der Waals surface area contributed by atoms with Gasteiger partial charge in [0, 0.05) is 18.9 Å². The van der Waals surface area contributed by atoms with E-state index in [0.29, 0.717) is 5.02 Å². The lowest BCUT2D eigenvalue weighted by Gasteiger charge is -2.16. The van der Waals surface area contributed by atoms with Crippen LogP contribution in [-0.2, 0) is 11.3 Å². The highest BCUT2D eigenvalue weighted by Gasteiger charge is 2.21. The van der Waals surface area contributed by atoms with Gasteiger partial charge in [0.15, 0.2) is 5.82 Å². The lowest BCUT2D eigenvalue weighted by atomic mass is 10.1. The molecule has 0 aliphatic rings. The number of carbonyl (C=O) groups excluding carboxylic acids is 1. The van der Waals surface area contributed by atoms with E-state index in [4.69, 9.17) is 16.3 Å². The molecule has 1 amide bonds. The van der Waals surface area contributed by atoms with Gasteiger partial charge in [-0.05, 0) is 12.0 Å². The van der Waals surface area contributed by atoms with Crippen molar-refractivity contribution in [2.24, 2.45) is 0 Å². The number of aliphatic hydroxyl groups excluding tert-OH is 2. The SMILES string of the molecule is O=C(NCCC(O)C(O)c1ncc(Cl)cn1)OCc1ccccc1. The van der Waals surface area contributed by atoms with Crippen LogP contribution < -0.4 is 5.32 Å². The molecule has 1 heterocycles. The van der Waals surface area contributed by atoms with Gasteiger partial charge in [0.1, 0.15) is 12.7 Å². The molecule has 7 nitrogen and oxygen atoms in total. The Labute approximate surface area is 144 Å². The zero-order chi connectivity index (χ0) is 17.4. The molecule has 2 atom stereocenters. The average Bonchev–Trinajstić information content (AvgIpc) is 2.61. The van der Waals surface area contributed by atoms with Crippen LogP contribution in [0.4, 0.5) is 4.79 Å². The second-order valence-corrected chi connectivity index (χ2v) is 5.49. The van der Waals surface area contributed by atoms with E-state index >= 15 is 0 Å². The maximum Gasteiger partial charge on any atom is 0.407 e. The molecular formula is C16H18ClN3O4. The number of aromatic nitrogens is 2. The Morgan fingerprint density at radius 1 is 1.21 bits per heavy atom. The number of alkyl carbamates (subject to hydrolysis) is 1. The highest BCUT2D eigenvalue weighted by Crippen LogP contribution is 2.15. The molecule has 2 aromatic rings. The summed E-state index contributed by atoms with van der Waals surface area (Å²) in [6, 6.07) is 9.28. The van der Waals surface area contributed by atoms with Gasteiger partial charge in [-0.1, -0.05) is 41.9 Å². The first-order valence-corrected chi connectivity index (χ1v) is 7.72. The summed E-state index contributed by atoms with van der Waals surface area (Å²) in [6.45, 7) is 0.301. The monoisotopic (exact) mass is 351 g/mol. The predicted molar refractivity (Wildman–Crippen MR) is 87.3 cm³/mol. The normalized spacial score (nSPS) is 13.1. The van der Waals surface area contributed by atoms with Gasteiger partial charge < -0.3 is 20.3 Å². The van der Waals surface area contributed by atoms with E-state index in [9.17, 15) is 15.0 Å². The highest BCUT2D eigenvalue weighted by molar-refractivity contribution is 6.30. The quantitative estimate of drug-likeness (QED) is 0.703. The molecule has 0 bridgehead atoms. The van der Waals surface area contributed by atoms with E-state index < -0.39 is 18.3 Å². The van der Waals surface area contributed by atoms with Gasteiger partial charge in [0.25, 0.3) is 0 Å². The van der Waals surface area contributed by atoms with Gasteiger partial charge in [-0.3, -0.25) is 0 Å². The third kappa shape index (κ3) is 5.77. The lowest BCUT2D eigenvalue weighted by Crippen LogP contribution is -2.30. The van der Waals surface area contributed by atoms with Crippen LogP contribution in [0.5, 0.6) is 0 Å². The Balaban J connectivity index is 1.68. The van der Waals surface area contributed by atoms with Crippen LogP contribution in [0, 0.1) is 0 Å². The number of rotatable bonds is 7. The van der Waals surface area contributed by atoms with E-state index in [1.807, 2.05) is 30.3 Å². The molecule has 0 aliphatic carbocycles. The number of ether oxygens (including phenoxy) is 1. The summed E-state index contributed by atoms with van der Waals surface area (Å²) in [5.74, 6) is 0.0681. The van der Waals surface area contributed by atoms with Crippen molar-refractivity contribution in [2.75, 3.05) is 6.54 Å². The van der Waals surface area contributed by atoms with Crippen LogP contribution in [0.3, 0.4) is 0 Å². The Hall–Kier alpha value is -2.22. The minimum absolute atomic E-state index is 0.0681. The van der Waals surface area contributed by atoms with Crippen LogP contribution in [0.1, 0.15) is 23.9 Å². The van der Waals surface area contributed by atoms with Crippen molar-refractivity contribution in [1.29, 1.82) is 0 Å². The number of halogens is 1. The first-order valence-electron chi connectivity index (χ1n) is 7.34. The first-order chi connectivity index (χ1) is 11.6. The third-order valence-electron chi connectivity index (χ3n) is 3.19. The van der Waals surface area contributed by atoms with Crippen LogP contribution in [-0.4, -0.2) is 38.9 Å². The van der Waals surface area contributed by atoms with Gasteiger partial charge >= 0.3 is 6.09 Å². The maximum atomic E-state index is 11.6. The van der Waals surface area contributed by atoms with Crippen molar-refractivity contribution < 1.29 is 19.7 Å². The minimum atomic E-state index is -1.26. The van der Waals surface area contributed by atoms with Gasteiger partial charge in [-0.2, -0.15) is 0 Å². The third-order valence-corrected chi connectivity index (χ3v) is 3.39. The summed E-state index contributed by atoms with van der Waals surface area (Å²) in [6.07, 6.45) is -0.195. The highest BCUT2D eigenvalue weighted by atomic mass is 35.5. The Morgan fingerprint density at radius 2 is 1.88 bits per heavy atom. The van der Waals surface area contributed by atoms with E-state index in [1.165, 1.54) is 12.4 Å². The molecule has 0 aliphatic heterocycles. The maximum absolute atomic E-state index is 11.6. The molecule has 8 heteroatoms. The van der Waals surface area contributed by atoms with Crippen LogP contribution in [0.15, 0.2) is 42.7 Å². The molecule has 0 radical (unpaired) electrons. The Kier molecular flexibility index (Phi) is 6.92. The van der Waals surface area contributed by atoms with Gasteiger partial charge in [0.05, 0.1) is 11.1 Å². The van der Waals surface area contributed by atoms with Gasteiger partial charge in [-0.25, -0.2) is 14.8 Å².